The summed E-state index contributed by atoms with van der Waals surface area (Å²) in [4.78, 5) is 6.90. The maximum Gasteiger partial charge on any atom is 0.174 e. The second-order valence-electron chi connectivity index (χ2n) is 9.33. The van der Waals surface area contributed by atoms with E-state index in [1.807, 2.05) is 36.5 Å². The minimum Gasteiger partial charge on any atom is -0.495 e. The first kappa shape index (κ1) is 23.3. The number of benzene rings is 3. The van der Waals surface area contributed by atoms with E-state index in [1.165, 1.54) is 33.4 Å². The number of hydrogen-bond acceptors (Lipinski definition) is 3. The van der Waals surface area contributed by atoms with Gasteiger partial charge in [0, 0.05) is 23.0 Å². The molecule has 5 nitrogen and oxygen atoms in total. The molecule has 2 atom stereocenters. The molecule has 0 radical (unpaired) electrons. The number of rotatable bonds is 5. The Hall–Kier alpha value is -4.16. The molecule has 0 amide bonds. The molecule has 6 heteroatoms. The fraction of sp³-hybridized carbons (Fsp3) is 0.161. The molecular formula is C31H28N4OS. The number of thiocarbonyl (C=S) groups is 1. The van der Waals surface area contributed by atoms with E-state index in [0.29, 0.717) is 5.11 Å². The molecule has 1 aliphatic rings. The van der Waals surface area contributed by atoms with Crippen molar-refractivity contribution in [2.24, 2.45) is 0 Å². The highest BCUT2D eigenvalue weighted by Crippen LogP contribution is 2.46. The zero-order valence-electron chi connectivity index (χ0n) is 21.1. The van der Waals surface area contributed by atoms with Crippen molar-refractivity contribution in [3.8, 4) is 11.4 Å². The van der Waals surface area contributed by atoms with Gasteiger partial charge in [-0.15, -0.1) is 0 Å². The third-order valence-electron chi connectivity index (χ3n) is 7.24. The van der Waals surface area contributed by atoms with E-state index in [9.17, 15) is 0 Å². The highest BCUT2D eigenvalue weighted by atomic mass is 32.1. The fourth-order valence-electron chi connectivity index (χ4n) is 5.62. The van der Waals surface area contributed by atoms with Crippen LogP contribution in [0.3, 0.4) is 0 Å². The van der Waals surface area contributed by atoms with Gasteiger partial charge in [-0.1, -0.05) is 54.6 Å². The quantitative estimate of drug-likeness (QED) is 0.266. The zero-order valence-corrected chi connectivity index (χ0v) is 21.9. The summed E-state index contributed by atoms with van der Waals surface area (Å²) in [5.74, 6) is 0.779. The van der Waals surface area contributed by atoms with Gasteiger partial charge in [0.1, 0.15) is 5.75 Å². The molecule has 1 N–H and O–H groups in total. The van der Waals surface area contributed by atoms with Gasteiger partial charge in [-0.25, -0.2) is 0 Å². The lowest BCUT2D eigenvalue weighted by Crippen LogP contribution is -2.30. The molecule has 5 aromatic rings. The molecule has 0 unspecified atom stereocenters. The van der Waals surface area contributed by atoms with Gasteiger partial charge in [0.05, 0.1) is 36.3 Å². The minimum absolute atomic E-state index is 0.117. The number of aromatic nitrogens is 2. The Balaban J connectivity index is 1.57. The van der Waals surface area contributed by atoms with E-state index in [0.717, 1.165) is 17.1 Å². The summed E-state index contributed by atoms with van der Waals surface area (Å²) >= 11 is 5.95. The van der Waals surface area contributed by atoms with Crippen LogP contribution in [0.4, 0.5) is 5.69 Å². The molecule has 1 saturated heterocycles. The Morgan fingerprint density at radius 1 is 0.865 bits per heavy atom. The Kier molecular flexibility index (Phi) is 5.89. The van der Waals surface area contributed by atoms with Crippen LogP contribution >= 0.6 is 12.2 Å². The number of ether oxygens (including phenoxy) is 1. The van der Waals surface area contributed by atoms with Gasteiger partial charge in [0.15, 0.2) is 5.11 Å². The van der Waals surface area contributed by atoms with Crippen LogP contribution in [0, 0.1) is 13.8 Å². The fourth-order valence-corrected chi connectivity index (χ4v) is 5.96. The molecule has 0 saturated carbocycles. The van der Waals surface area contributed by atoms with Crippen molar-refractivity contribution in [1.82, 2.24) is 14.9 Å². The van der Waals surface area contributed by atoms with Crippen molar-refractivity contribution >= 4 is 33.8 Å². The minimum atomic E-state index is -0.125. The molecule has 6 rings (SSSR count). The number of nitrogens with zero attached hydrogens (tertiary/aromatic N) is 3. The molecule has 0 spiro atoms. The second-order valence-corrected chi connectivity index (χ2v) is 9.72. The van der Waals surface area contributed by atoms with Crippen LogP contribution in [0.1, 0.15) is 34.7 Å². The van der Waals surface area contributed by atoms with Crippen LogP contribution in [0.2, 0.25) is 0 Å². The largest absolute Gasteiger partial charge is 0.495 e. The number of hydrogen-bond donors (Lipinski definition) is 1. The Labute approximate surface area is 222 Å². The highest BCUT2D eigenvalue weighted by molar-refractivity contribution is 7.80. The number of fused-ring (bicyclic) bond motifs is 1. The van der Waals surface area contributed by atoms with Gasteiger partial charge in [-0.3, -0.25) is 4.98 Å². The van der Waals surface area contributed by atoms with E-state index in [-0.39, 0.29) is 12.1 Å². The van der Waals surface area contributed by atoms with Crippen LogP contribution in [-0.2, 0) is 0 Å². The van der Waals surface area contributed by atoms with E-state index < -0.39 is 0 Å². The normalized spacial score (nSPS) is 17.3. The van der Waals surface area contributed by atoms with Crippen LogP contribution in [0.25, 0.3) is 16.5 Å². The standard InChI is InChI=1S/C31H28N4OS/c1-20-19-24(21(2)34(20)26-16-10-12-22-11-4-5-13-23(22)26)30-29(25-14-8-9-18-32-25)33-31(37)35(30)27-15-6-7-17-28(27)36-3/h4-19,29-30H,1-3H3,(H,33,37)/t29-,30-/m0/s1. The predicted molar refractivity (Wildman–Crippen MR) is 154 cm³/mol. The Morgan fingerprint density at radius 3 is 2.41 bits per heavy atom. The average molecular weight is 505 g/mol. The van der Waals surface area contributed by atoms with Crippen molar-refractivity contribution < 1.29 is 4.74 Å². The molecule has 1 aliphatic heterocycles. The first-order valence-corrected chi connectivity index (χ1v) is 12.8. The molecule has 37 heavy (non-hydrogen) atoms. The average Bonchev–Trinajstić information content (AvgIpc) is 3.43. The van der Waals surface area contributed by atoms with Crippen molar-refractivity contribution in [3.63, 3.8) is 0 Å². The lowest BCUT2D eigenvalue weighted by Gasteiger charge is -2.29. The Morgan fingerprint density at radius 2 is 1.59 bits per heavy atom. The van der Waals surface area contributed by atoms with E-state index in [2.05, 4.69) is 89.3 Å². The first-order valence-electron chi connectivity index (χ1n) is 12.4. The van der Waals surface area contributed by atoms with Crippen molar-refractivity contribution in [2.45, 2.75) is 25.9 Å². The molecule has 3 aromatic carbocycles. The maximum atomic E-state index is 5.95. The molecular weight excluding hydrogens is 476 g/mol. The van der Waals surface area contributed by atoms with Crippen molar-refractivity contribution in [1.29, 1.82) is 0 Å². The molecule has 1 fully saturated rings. The summed E-state index contributed by atoms with van der Waals surface area (Å²) in [6.45, 7) is 4.36. The summed E-state index contributed by atoms with van der Waals surface area (Å²) in [5, 5.41) is 6.67. The van der Waals surface area contributed by atoms with Gasteiger partial charge in [0.25, 0.3) is 0 Å². The molecule has 184 valence electrons. The first-order chi connectivity index (χ1) is 18.1. The number of nitrogens with one attached hydrogen (secondary N) is 1. The topological polar surface area (TPSA) is 42.3 Å². The molecule has 0 bridgehead atoms. The van der Waals surface area contributed by atoms with E-state index >= 15 is 0 Å². The summed E-state index contributed by atoms with van der Waals surface area (Å²) in [6.07, 6.45) is 1.84. The van der Waals surface area contributed by atoms with E-state index in [1.54, 1.807) is 7.11 Å². The smallest absolute Gasteiger partial charge is 0.174 e. The summed E-state index contributed by atoms with van der Waals surface area (Å²) < 4.78 is 8.11. The monoisotopic (exact) mass is 504 g/mol. The molecule has 0 aliphatic carbocycles. The summed E-state index contributed by atoms with van der Waals surface area (Å²) in [5.41, 5.74) is 6.58. The maximum absolute atomic E-state index is 5.95. The van der Waals surface area contributed by atoms with Crippen molar-refractivity contribution in [2.75, 3.05) is 12.0 Å². The van der Waals surface area contributed by atoms with Crippen LogP contribution in [-0.4, -0.2) is 21.8 Å². The van der Waals surface area contributed by atoms with Gasteiger partial charge < -0.3 is 19.5 Å². The van der Waals surface area contributed by atoms with E-state index in [4.69, 9.17) is 21.9 Å². The van der Waals surface area contributed by atoms with Gasteiger partial charge in [-0.2, -0.15) is 0 Å². The molecule has 2 aromatic heterocycles. The van der Waals surface area contributed by atoms with Gasteiger partial charge in [0.2, 0.25) is 0 Å². The van der Waals surface area contributed by atoms with Crippen LogP contribution in [0.5, 0.6) is 5.75 Å². The summed E-state index contributed by atoms with van der Waals surface area (Å²) in [6, 6.07) is 31.1. The SMILES string of the molecule is COc1ccccc1N1C(=S)N[C@@H](c2ccccn2)[C@@H]1c1cc(C)n(-c2cccc3ccccc23)c1C. The lowest BCUT2D eigenvalue weighted by atomic mass is 9.96. The summed E-state index contributed by atoms with van der Waals surface area (Å²) in [7, 11) is 1.70. The second kappa shape index (κ2) is 9.37. The Bertz CT molecular complexity index is 1610. The van der Waals surface area contributed by atoms with Gasteiger partial charge in [-0.05, 0) is 73.4 Å². The number of methoxy groups -OCH3 is 1. The predicted octanol–water partition coefficient (Wildman–Crippen LogP) is 6.83. The van der Waals surface area contributed by atoms with Crippen LogP contribution in [0.15, 0.2) is 97.2 Å². The third kappa shape index (κ3) is 3.85. The number of pyridine rings is 1. The number of aryl methyl sites for hydroxylation is 1. The lowest BCUT2D eigenvalue weighted by molar-refractivity contribution is 0.414. The number of para-hydroxylation sites is 2. The third-order valence-corrected chi connectivity index (χ3v) is 7.55. The highest BCUT2D eigenvalue weighted by Gasteiger charge is 2.43. The van der Waals surface area contributed by atoms with Crippen LogP contribution < -0.4 is 15.0 Å². The molecule has 3 heterocycles. The zero-order chi connectivity index (χ0) is 25.5. The number of anilines is 1. The van der Waals surface area contributed by atoms with Crippen molar-refractivity contribution in [3.05, 3.63) is 120 Å². The van der Waals surface area contributed by atoms with Gasteiger partial charge >= 0.3 is 0 Å².